The first-order valence-electron chi connectivity index (χ1n) is 11.2. The van der Waals surface area contributed by atoms with Gasteiger partial charge in [0.25, 0.3) is 0 Å². The van der Waals surface area contributed by atoms with Gasteiger partial charge in [-0.25, -0.2) is 13.4 Å². The van der Waals surface area contributed by atoms with Crippen LogP contribution < -0.4 is 15.0 Å². The molecular formula is C25H24N6O3S. The quantitative estimate of drug-likeness (QED) is 0.418. The number of ether oxygens (including phenoxy) is 1. The van der Waals surface area contributed by atoms with Gasteiger partial charge >= 0.3 is 0 Å². The molecular weight excluding hydrogens is 464 g/mol. The Morgan fingerprint density at radius 3 is 2.09 bits per heavy atom. The number of hydrogen-bond donors (Lipinski definition) is 1. The number of nitrogens with one attached hydrogen (secondary N) is 1. The van der Waals surface area contributed by atoms with E-state index < -0.39 is 10.0 Å². The van der Waals surface area contributed by atoms with Crippen LogP contribution in [0.15, 0.2) is 96.0 Å². The lowest BCUT2D eigenvalue weighted by Gasteiger charge is -2.34. The van der Waals surface area contributed by atoms with E-state index in [4.69, 9.17) is 4.74 Å². The Labute approximate surface area is 204 Å². The molecule has 0 radical (unpaired) electrons. The second-order valence-electron chi connectivity index (χ2n) is 7.89. The van der Waals surface area contributed by atoms with Gasteiger partial charge in [-0.3, -0.25) is 0 Å². The molecule has 1 saturated heterocycles. The van der Waals surface area contributed by atoms with Crippen LogP contribution in [-0.2, 0) is 10.0 Å². The van der Waals surface area contributed by atoms with Gasteiger partial charge in [0.1, 0.15) is 17.3 Å². The smallest absolute Gasteiger partial charge is 0.243 e. The number of pyridine rings is 1. The molecule has 0 amide bonds. The monoisotopic (exact) mass is 488 g/mol. The predicted molar refractivity (Wildman–Crippen MR) is 133 cm³/mol. The van der Waals surface area contributed by atoms with Gasteiger partial charge in [-0.2, -0.15) is 4.31 Å². The van der Waals surface area contributed by atoms with E-state index in [0.717, 1.165) is 0 Å². The number of para-hydroxylation sites is 1. The highest BCUT2D eigenvalue weighted by molar-refractivity contribution is 7.89. The Morgan fingerprint density at radius 2 is 1.43 bits per heavy atom. The SMILES string of the molecule is O=S(=O)(c1ccc(Oc2ccccc2)cc1)N1CCN(c2ccc(Nc3ccccn3)nn2)CC1. The third kappa shape index (κ3) is 5.39. The van der Waals surface area contributed by atoms with E-state index in [1.165, 1.54) is 4.31 Å². The van der Waals surface area contributed by atoms with Crippen molar-refractivity contribution in [3.8, 4) is 11.5 Å². The number of nitrogens with zero attached hydrogens (tertiary/aromatic N) is 5. The topological polar surface area (TPSA) is 101 Å². The van der Waals surface area contributed by atoms with Crippen molar-refractivity contribution in [3.05, 3.63) is 91.1 Å². The maximum atomic E-state index is 13.1. The van der Waals surface area contributed by atoms with E-state index >= 15 is 0 Å². The highest BCUT2D eigenvalue weighted by atomic mass is 32.2. The summed E-state index contributed by atoms with van der Waals surface area (Å²) in [5.41, 5.74) is 0. The summed E-state index contributed by atoms with van der Waals surface area (Å²) in [4.78, 5) is 6.48. The first-order valence-corrected chi connectivity index (χ1v) is 12.6. The predicted octanol–water partition coefficient (Wildman–Crippen LogP) is 3.92. The number of sulfonamides is 1. The van der Waals surface area contributed by atoms with Crippen molar-refractivity contribution in [2.24, 2.45) is 0 Å². The molecule has 2 aromatic heterocycles. The number of rotatable bonds is 7. The van der Waals surface area contributed by atoms with Crippen molar-refractivity contribution in [2.45, 2.75) is 4.90 Å². The molecule has 1 N–H and O–H groups in total. The summed E-state index contributed by atoms with van der Waals surface area (Å²) >= 11 is 0. The summed E-state index contributed by atoms with van der Waals surface area (Å²) in [5, 5.41) is 11.6. The molecule has 4 aromatic rings. The molecule has 0 spiro atoms. The highest BCUT2D eigenvalue weighted by Crippen LogP contribution is 2.25. The summed E-state index contributed by atoms with van der Waals surface area (Å²) in [6.45, 7) is 1.77. The van der Waals surface area contributed by atoms with Gasteiger partial charge in [0.2, 0.25) is 10.0 Å². The summed E-state index contributed by atoms with van der Waals surface area (Å²) in [7, 11) is -3.60. The first-order chi connectivity index (χ1) is 17.1. The van der Waals surface area contributed by atoms with Crippen LogP contribution in [0.1, 0.15) is 0 Å². The molecule has 0 aliphatic carbocycles. The Balaban J connectivity index is 1.18. The second kappa shape index (κ2) is 10.1. The minimum absolute atomic E-state index is 0.246. The van der Waals surface area contributed by atoms with Crippen molar-refractivity contribution < 1.29 is 13.2 Å². The molecule has 9 nitrogen and oxygen atoms in total. The van der Waals surface area contributed by atoms with Gasteiger partial charge in [0.05, 0.1) is 4.90 Å². The van der Waals surface area contributed by atoms with E-state index in [1.54, 1.807) is 30.5 Å². The first kappa shape index (κ1) is 22.8. The Kier molecular flexibility index (Phi) is 6.55. The number of hydrogen-bond acceptors (Lipinski definition) is 8. The van der Waals surface area contributed by atoms with Crippen molar-refractivity contribution in [1.82, 2.24) is 19.5 Å². The summed E-state index contributed by atoms with van der Waals surface area (Å²) in [5.74, 6) is 3.26. The highest BCUT2D eigenvalue weighted by Gasteiger charge is 2.29. The second-order valence-corrected chi connectivity index (χ2v) is 9.83. The summed E-state index contributed by atoms with van der Waals surface area (Å²) in [6.07, 6.45) is 1.70. The number of aromatic nitrogens is 3. The molecule has 0 unspecified atom stereocenters. The fourth-order valence-electron chi connectivity index (χ4n) is 3.74. The number of piperazine rings is 1. The van der Waals surface area contributed by atoms with Gasteiger partial charge in [0.15, 0.2) is 11.6 Å². The summed E-state index contributed by atoms with van der Waals surface area (Å²) in [6, 6.07) is 25.2. The maximum absolute atomic E-state index is 13.1. The molecule has 3 heterocycles. The Bertz CT molecular complexity index is 1340. The van der Waals surface area contributed by atoms with Crippen LogP contribution in [0.4, 0.5) is 17.5 Å². The fourth-order valence-corrected chi connectivity index (χ4v) is 5.16. The molecule has 178 valence electrons. The molecule has 35 heavy (non-hydrogen) atoms. The van der Waals surface area contributed by atoms with Gasteiger partial charge in [-0.05, 0) is 60.7 Å². The van der Waals surface area contributed by atoms with Gasteiger partial charge < -0.3 is 15.0 Å². The van der Waals surface area contributed by atoms with Crippen LogP contribution in [0.2, 0.25) is 0 Å². The third-order valence-corrected chi connectivity index (χ3v) is 7.49. The zero-order chi connectivity index (χ0) is 24.1. The van der Waals surface area contributed by atoms with E-state index in [-0.39, 0.29) is 4.90 Å². The van der Waals surface area contributed by atoms with E-state index in [0.29, 0.717) is 55.1 Å². The van der Waals surface area contributed by atoms with Crippen LogP contribution in [0.25, 0.3) is 0 Å². The molecule has 0 saturated carbocycles. The standard InChI is InChI=1S/C25H24N6O3S/c32-35(33,22-11-9-21(10-12-22)34-20-6-2-1-3-7-20)31-18-16-30(17-19-31)25-14-13-24(28-29-25)27-23-8-4-5-15-26-23/h1-15H,16-19H2,(H,26,27,28). The van der Waals surface area contributed by atoms with Gasteiger partial charge in [-0.1, -0.05) is 24.3 Å². The molecule has 5 rings (SSSR count). The van der Waals surface area contributed by atoms with Crippen molar-refractivity contribution in [3.63, 3.8) is 0 Å². The Hall–Kier alpha value is -4.02. The molecule has 1 aliphatic heterocycles. The lowest BCUT2D eigenvalue weighted by Crippen LogP contribution is -2.48. The minimum atomic E-state index is -3.60. The minimum Gasteiger partial charge on any atom is -0.457 e. The lowest BCUT2D eigenvalue weighted by atomic mass is 10.3. The number of benzene rings is 2. The van der Waals surface area contributed by atoms with Crippen LogP contribution in [0, 0.1) is 0 Å². The normalized spacial score (nSPS) is 14.5. The molecule has 10 heteroatoms. The molecule has 0 bridgehead atoms. The van der Waals surface area contributed by atoms with Crippen LogP contribution >= 0.6 is 0 Å². The molecule has 1 aliphatic rings. The van der Waals surface area contributed by atoms with E-state index in [1.807, 2.05) is 65.6 Å². The zero-order valence-electron chi connectivity index (χ0n) is 18.9. The van der Waals surface area contributed by atoms with Crippen molar-refractivity contribution in [1.29, 1.82) is 0 Å². The van der Waals surface area contributed by atoms with Crippen molar-refractivity contribution in [2.75, 3.05) is 36.4 Å². The van der Waals surface area contributed by atoms with Crippen LogP contribution in [0.3, 0.4) is 0 Å². The van der Waals surface area contributed by atoms with Gasteiger partial charge in [-0.15, -0.1) is 10.2 Å². The van der Waals surface area contributed by atoms with Crippen LogP contribution in [0.5, 0.6) is 11.5 Å². The average molecular weight is 489 g/mol. The zero-order valence-corrected chi connectivity index (χ0v) is 19.7. The maximum Gasteiger partial charge on any atom is 0.243 e. The molecule has 1 fully saturated rings. The van der Waals surface area contributed by atoms with Crippen LogP contribution in [-0.4, -0.2) is 54.1 Å². The lowest BCUT2D eigenvalue weighted by molar-refractivity contribution is 0.383. The largest absolute Gasteiger partial charge is 0.457 e. The number of anilines is 3. The molecule has 2 aromatic carbocycles. The average Bonchev–Trinajstić information content (AvgIpc) is 2.91. The Morgan fingerprint density at radius 1 is 0.714 bits per heavy atom. The van der Waals surface area contributed by atoms with Crippen molar-refractivity contribution >= 4 is 27.5 Å². The van der Waals surface area contributed by atoms with Gasteiger partial charge in [0, 0.05) is 32.4 Å². The summed E-state index contributed by atoms with van der Waals surface area (Å²) < 4.78 is 33.5. The van der Waals surface area contributed by atoms with E-state index in [2.05, 4.69) is 20.5 Å². The molecule has 0 atom stereocenters. The third-order valence-electron chi connectivity index (χ3n) is 5.57. The van der Waals surface area contributed by atoms with E-state index in [9.17, 15) is 8.42 Å². The fraction of sp³-hybridized carbons (Fsp3) is 0.160.